The molecule has 0 amide bonds. The van der Waals surface area contributed by atoms with Gasteiger partial charge in [-0.2, -0.15) is 0 Å². The fourth-order valence-corrected chi connectivity index (χ4v) is 2.70. The lowest BCUT2D eigenvalue weighted by Crippen LogP contribution is -2.46. The highest BCUT2D eigenvalue weighted by atomic mass is 35.5. The van der Waals surface area contributed by atoms with Crippen molar-refractivity contribution in [2.24, 2.45) is 0 Å². The molecule has 6 heteroatoms. The molecule has 0 spiro atoms. The second kappa shape index (κ2) is 7.76. The van der Waals surface area contributed by atoms with Crippen molar-refractivity contribution < 1.29 is 9.13 Å². The first-order chi connectivity index (χ1) is 9.72. The molecule has 1 N–H and O–H groups in total. The molecule has 0 aliphatic carbocycles. The van der Waals surface area contributed by atoms with Crippen LogP contribution in [0, 0.1) is 5.82 Å². The first-order valence-electron chi connectivity index (χ1n) is 6.99. The van der Waals surface area contributed by atoms with E-state index in [1.165, 1.54) is 18.7 Å². The highest BCUT2D eigenvalue weighted by molar-refractivity contribution is 6.30. The van der Waals surface area contributed by atoms with Crippen molar-refractivity contribution in [2.75, 3.05) is 38.3 Å². The van der Waals surface area contributed by atoms with Gasteiger partial charge in [0.05, 0.1) is 11.6 Å². The van der Waals surface area contributed by atoms with E-state index in [1.54, 1.807) is 7.11 Å². The van der Waals surface area contributed by atoms with E-state index in [9.17, 15) is 4.39 Å². The molecule has 1 aromatic heterocycles. The van der Waals surface area contributed by atoms with E-state index in [0.29, 0.717) is 17.4 Å². The molecule has 1 aliphatic rings. The Morgan fingerprint density at radius 3 is 3.15 bits per heavy atom. The molecule has 112 valence electrons. The Hall–Kier alpha value is -0.910. The maximum Gasteiger partial charge on any atom is 0.167 e. The van der Waals surface area contributed by atoms with Gasteiger partial charge >= 0.3 is 0 Å². The zero-order valence-corrected chi connectivity index (χ0v) is 12.5. The molecular weight excluding hydrogens is 281 g/mol. The van der Waals surface area contributed by atoms with Crippen molar-refractivity contribution >= 4 is 17.4 Å². The Bertz CT molecular complexity index is 433. The SMILES string of the molecule is COCCNCC1CCCCN1c1ncc(Cl)cc1F. The lowest BCUT2D eigenvalue weighted by Gasteiger charge is -2.37. The smallest absolute Gasteiger partial charge is 0.167 e. The van der Waals surface area contributed by atoms with E-state index < -0.39 is 0 Å². The van der Waals surface area contributed by atoms with Gasteiger partial charge in [-0.1, -0.05) is 11.6 Å². The summed E-state index contributed by atoms with van der Waals surface area (Å²) in [6.45, 7) is 3.13. The van der Waals surface area contributed by atoms with Crippen molar-refractivity contribution in [2.45, 2.75) is 25.3 Å². The van der Waals surface area contributed by atoms with Crippen LogP contribution in [0.3, 0.4) is 0 Å². The number of pyridine rings is 1. The summed E-state index contributed by atoms with van der Waals surface area (Å²) < 4.78 is 19.0. The van der Waals surface area contributed by atoms with Crippen molar-refractivity contribution in [3.05, 3.63) is 23.1 Å². The summed E-state index contributed by atoms with van der Waals surface area (Å²) >= 11 is 5.76. The lowest BCUT2D eigenvalue weighted by atomic mass is 10.0. The minimum absolute atomic E-state index is 0.267. The predicted molar refractivity (Wildman–Crippen MR) is 78.9 cm³/mol. The van der Waals surface area contributed by atoms with Gasteiger partial charge in [-0.3, -0.25) is 0 Å². The van der Waals surface area contributed by atoms with Crippen LogP contribution in [0.4, 0.5) is 10.2 Å². The average Bonchev–Trinajstić information content (AvgIpc) is 2.44. The van der Waals surface area contributed by atoms with Crippen molar-refractivity contribution in [3.63, 3.8) is 0 Å². The molecule has 0 bridgehead atoms. The molecule has 1 fully saturated rings. The number of aromatic nitrogens is 1. The Morgan fingerprint density at radius 2 is 2.40 bits per heavy atom. The van der Waals surface area contributed by atoms with Crippen molar-refractivity contribution in [1.29, 1.82) is 0 Å². The standard InChI is InChI=1S/C14H21ClFN3O/c1-20-7-5-17-10-12-4-2-3-6-19(12)14-13(16)8-11(15)9-18-14/h8-9,12,17H,2-7,10H2,1H3. The summed E-state index contributed by atoms with van der Waals surface area (Å²) in [5, 5.41) is 3.68. The normalized spacial score (nSPS) is 19.4. The summed E-state index contributed by atoms with van der Waals surface area (Å²) in [5.41, 5.74) is 0. The first kappa shape index (κ1) is 15.5. The Morgan fingerprint density at radius 1 is 1.55 bits per heavy atom. The van der Waals surface area contributed by atoms with Gasteiger partial charge in [-0.05, 0) is 25.3 Å². The van der Waals surface area contributed by atoms with Crippen LogP contribution in [0.25, 0.3) is 0 Å². The number of nitrogens with one attached hydrogen (secondary N) is 1. The second-order valence-electron chi connectivity index (χ2n) is 5.00. The minimum atomic E-state index is -0.346. The maximum absolute atomic E-state index is 14.0. The zero-order chi connectivity index (χ0) is 14.4. The third-order valence-corrected chi connectivity index (χ3v) is 3.76. The van der Waals surface area contributed by atoms with Crippen LogP contribution in [0.5, 0.6) is 0 Å². The van der Waals surface area contributed by atoms with Crippen molar-refractivity contribution in [3.8, 4) is 0 Å². The third-order valence-electron chi connectivity index (χ3n) is 3.55. The summed E-state index contributed by atoms with van der Waals surface area (Å²) in [4.78, 5) is 6.21. The average molecular weight is 302 g/mol. The van der Waals surface area contributed by atoms with Gasteiger partial charge in [0.2, 0.25) is 0 Å². The fourth-order valence-electron chi connectivity index (χ4n) is 2.55. The van der Waals surface area contributed by atoms with Crippen LogP contribution in [0.15, 0.2) is 12.3 Å². The summed E-state index contributed by atoms with van der Waals surface area (Å²) in [7, 11) is 1.68. The second-order valence-corrected chi connectivity index (χ2v) is 5.44. The molecule has 0 saturated carbocycles. The molecule has 0 aromatic carbocycles. The summed E-state index contributed by atoms with van der Waals surface area (Å²) in [6, 6.07) is 1.59. The number of halogens is 2. The van der Waals surface area contributed by atoms with Gasteiger partial charge in [-0.25, -0.2) is 9.37 Å². The van der Waals surface area contributed by atoms with Gasteiger partial charge in [0.15, 0.2) is 11.6 Å². The van der Waals surface area contributed by atoms with E-state index in [2.05, 4.69) is 15.2 Å². The van der Waals surface area contributed by atoms with Gasteiger partial charge in [0, 0.05) is 39.0 Å². The fraction of sp³-hybridized carbons (Fsp3) is 0.643. The topological polar surface area (TPSA) is 37.4 Å². The molecule has 2 heterocycles. The van der Waals surface area contributed by atoms with Gasteiger partial charge in [0.1, 0.15) is 0 Å². The molecule has 2 rings (SSSR count). The number of anilines is 1. The highest BCUT2D eigenvalue weighted by Gasteiger charge is 2.25. The van der Waals surface area contributed by atoms with E-state index in [-0.39, 0.29) is 11.9 Å². The highest BCUT2D eigenvalue weighted by Crippen LogP contribution is 2.26. The molecule has 1 aliphatic heterocycles. The Labute approximate surface area is 124 Å². The van der Waals surface area contributed by atoms with E-state index in [1.807, 2.05) is 0 Å². The van der Waals surface area contributed by atoms with Gasteiger partial charge in [0.25, 0.3) is 0 Å². The van der Waals surface area contributed by atoms with Crippen molar-refractivity contribution in [1.82, 2.24) is 10.3 Å². The van der Waals surface area contributed by atoms with E-state index >= 15 is 0 Å². The molecule has 1 unspecified atom stereocenters. The number of hydrogen-bond donors (Lipinski definition) is 1. The number of ether oxygens (including phenoxy) is 1. The van der Waals surface area contributed by atoms with E-state index in [0.717, 1.165) is 32.5 Å². The molecule has 1 atom stereocenters. The molecule has 0 radical (unpaired) electrons. The minimum Gasteiger partial charge on any atom is -0.383 e. The molecular formula is C14H21ClFN3O. The maximum atomic E-state index is 14.0. The lowest BCUT2D eigenvalue weighted by molar-refractivity contribution is 0.198. The quantitative estimate of drug-likeness (QED) is 0.819. The Kier molecular flexibility index (Phi) is 6.01. The number of nitrogens with zero attached hydrogens (tertiary/aromatic N) is 2. The summed E-state index contributed by atoms with van der Waals surface area (Å²) in [5.74, 6) is 0.0638. The van der Waals surface area contributed by atoms with Crippen LogP contribution in [-0.2, 0) is 4.74 Å². The predicted octanol–water partition coefficient (Wildman–Crippen LogP) is 2.47. The largest absolute Gasteiger partial charge is 0.383 e. The molecule has 4 nitrogen and oxygen atoms in total. The summed E-state index contributed by atoms with van der Waals surface area (Å²) in [6.07, 6.45) is 4.79. The van der Waals surface area contributed by atoms with Crippen LogP contribution < -0.4 is 10.2 Å². The van der Waals surface area contributed by atoms with E-state index in [4.69, 9.17) is 16.3 Å². The van der Waals surface area contributed by atoms with Crippen LogP contribution in [0.1, 0.15) is 19.3 Å². The number of rotatable bonds is 6. The Balaban J connectivity index is 2.02. The van der Waals surface area contributed by atoms with Crippen LogP contribution in [0.2, 0.25) is 5.02 Å². The van der Waals surface area contributed by atoms with Crippen LogP contribution >= 0.6 is 11.6 Å². The first-order valence-corrected chi connectivity index (χ1v) is 7.37. The number of methoxy groups -OCH3 is 1. The van der Waals surface area contributed by atoms with Gasteiger partial charge < -0.3 is 15.0 Å². The number of piperidine rings is 1. The molecule has 1 aromatic rings. The third kappa shape index (κ3) is 4.04. The zero-order valence-electron chi connectivity index (χ0n) is 11.7. The molecule has 20 heavy (non-hydrogen) atoms. The van der Waals surface area contributed by atoms with Gasteiger partial charge in [-0.15, -0.1) is 0 Å². The molecule has 1 saturated heterocycles. The monoisotopic (exact) mass is 301 g/mol. The number of hydrogen-bond acceptors (Lipinski definition) is 4. The van der Waals surface area contributed by atoms with Crippen LogP contribution in [-0.4, -0.2) is 44.4 Å².